The van der Waals surface area contributed by atoms with Crippen LogP contribution in [0.5, 0.6) is 5.75 Å². The number of carbonyl (C=O) groups is 2. The number of phenolic OH excluding ortho intramolecular Hbond substituents is 1. The Labute approximate surface area is 234 Å². The van der Waals surface area contributed by atoms with Crippen LogP contribution in [0, 0.1) is 17.8 Å². The molecule has 6 rings (SSSR count). The summed E-state index contributed by atoms with van der Waals surface area (Å²) in [7, 11) is 1.67. The van der Waals surface area contributed by atoms with Crippen LogP contribution in [-0.2, 0) is 19.1 Å². The van der Waals surface area contributed by atoms with Crippen molar-refractivity contribution < 1.29 is 24.2 Å². The van der Waals surface area contributed by atoms with Crippen molar-refractivity contribution in [1.29, 1.82) is 0 Å². The zero-order valence-corrected chi connectivity index (χ0v) is 22.5. The number of imide groups is 1. The van der Waals surface area contributed by atoms with Crippen molar-refractivity contribution in [3.05, 3.63) is 107 Å². The van der Waals surface area contributed by atoms with Crippen LogP contribution in [0.15, 0.2) is 96.1 Å². The fraction of sp³-hybridized carbons (Fsp3) is 0.294. The first kappa shape index (κ1) is 26.2. The highest BCUT2D eigenvalue weighted by molar-refractivity contribution is 6.22. The normalized spacial score (nSPS) is 24.4. The molecule has 0 spiro atoms. The number of ether oxygens (including phenoxy) is 2. The topological polar surface area (TPSA) is 76.1 Å². The van der Waals surface area contributed by atoms with Gasteiger partial charge in [0.1, 0.15) is 5.75 Å². The number of amides is 2. The number of aromatic hydroxyl groups is 1. The number of phenols is 1. The first-order chi connectivity index (χ1) is 19.6. The second kappa shape index (κ2) is 11.2. The van der Waals surface area contributed by atoms with Crippen molar-refractivity contribution in [3.63, 3.8) is 0 Å². The van der Waals surface area contributed by atoms with E-state index in [1.165, 1.54) is 4.90 Å². The largest absolute Gasteiger partial charge is 0.507 e. The standard InChI is InChI=1S/C34H33NO5/c1-39-20-25-19-27-32(34(38)35(33(27)37)26-13-6-3-7-14-26)28-21-40-30(31(25)28)17-16-23(22-10-4-2-5-11-22)18-24-12-8-9-15-29(24)36/h2-15,18,27-28,30,32,36H,16-17,19-21H2,1H3/b23-18-/t27-,28+,30-,32-/m1/s1. The quantitative estimate of drug-likeness (QED) is 0.221. The molecule has 0 radical (unpaired) electrons. The molecule has 0 unspecified atom stereocenters. The Kier molecular flexibility index (Phi) is 7.37. The SMILES string of the molecule is COCC1=C2[C@@H](CC/C(=C/c3ccccc3O)c3ccccc3)OC[C@@H]2[C@@H]2C(=O)N(c3ccccc3)C(=O)[C@@H]2C1. The lowest BCUT2D eigenvalue weighted by molar-refractivity contribution is -0.122. The number of benzene rings is 3. The van der Waals surface area contributed by atoms with Crippen LogP contribution in [-0.4, -0.2) is 43.3 Å². The molecule has 204 valence electrons. The van der Waals surface area contributed by atoms with Gasteiger partial charge in [-0.25, -0.2) is 0 Å². The smallest absolute Gasteiger partial charge is 0.238 e. The molecule has 0 bridgehead atoms. The number of allylic oxidation sites excluding steroid dienone is 1. The van der Waals surface area contributed by atoms with Crippen molar-refractivity contribution in [3.8, 4) is 5.75 Å². The highest BCUT2D eigenvalue weighted by Crippen LogP contribution is 2.50. The number of rotatable bonds is 8. The molecule has 2 saturated heterocycles. The first-order valence-electron chi connectivity index (χ1n) is 13.9. The van der Waals surface area contributed by atoms with E-state index in [4.69, 9.17) is 9.47 Å². The minimum atomic E-state index is -0.418. The van der Waals surface area contributed by atoms with E-state index < -0.39 is 11.8 Å². The molecule has 4 atom stereocenters. The van der Waals surface area contributed by atoms with Gasteiger partial charge in [-0.15, -0.1) is 0 Å². The Bertz CT molecular complexity index is 1460. The fourth-order valence-electron chi connectivity index (χ4n) is 6.65. The van der Waals surface area contributed by atoms with Crippen molar-refractivity contribution in [2.45, 2.75) is 25.4 Å². The lowest BCUT2D eigenvalue weighted by Crippen LogP contribution is -2.35. The second-order valence-corrected chi connectivity index (χ2v) is 10.7. The van der Waals surface area contributed by atoms with Crippen LogP contribution in [0.2, 0.25) is 0 Å². The van der Waals surface area contributed by atoms with Crippen LogP contribution < -0.4 is 4.90 Å². The number of anilines is 1. The van der Waals surface area contributed by atoms with E-state index in [1.807, 2.05) is 72.8 Å². The predicted octanol–water partition coefficient (Wildman–Crippen LogP) is 5.88. The molecule has 6 heteroatoms. The zero-order chi connectivity index (χ0) is 27.6. The molecule has 1 aliphatic carbocycles. The van der Waals surface area contributed by atoms with Gasteiger partial charge < -0.3 is 14.6 Å². The average Bonchev–Trinajstić information content (AvgIpc) is 3.51. The summed E-state index contributed by atoms with van der Waals surface area (Å²) in [5.74, 6) is -0.970. The second-order valence-electron chi connectivity index (χ2n) is 10.7. The number of hydrogen-bond donors (Lipinski definition) is 1. The molecule has 0 saturated carbocycles. The molecule has 3 aromatic carbocycles. The third kappa shape index (κ3) is 4.78. The summed E-state index contributed by atoms with van der Waals surface area (Å²) in [5.41, 5.74) is 5.79. The molecule has 2 fully saturated rings. The lowest BCUT2D eigenvalue weighted by atomic mass is 9.69. The number of carbonyl (C=O) groups excluding carboxylic acids is 2. The van der Waals surface area contributed by atoms with Crippen molar-refractivity contribution in [1.82, 2.24) is 0 Å². The van der Waals surface area contributed by atoms with Gasteiger partial charge in [0.25, 0.3) is 0 Å². The first-order valence-corrected chi connectivity index (χ1v) is 13.9. The van der Waals surface area contributed by atoms with Crippen LogP contribution in [0.25, 0.3) is 11.6 Å². The zero-order valence-electron chi connectivity index (χ0n) is 22.5. The van der Waals surface area contributed by atoms with Crippen molar-refractivity contribution >= 4 is 29.2 Å². The Balaban J connectivity index is 1.29. The lowest BCUT2D eigenvalue weighted by Gasteiger charge is -2.31. The van der Waals surface area contributed by atoms with E-state index in [2.05, 4.69) is 12.1 Å². The van der Waals surface area contributed by atoms with Gasteiger partial charge in [0, 0.05) is 18.6 Å². The number of para-hydroxylation sites is 2. The van der Waals surface area contributed by atoms with Gasteiger partial charge in [-0.3, -0.25) is 14.5 Å². The van der Waals surface area contributed by atoms with Crippen LogP contribution in [0.1, 0.15) is 30.4 Å². The highest BCUT2D eigenvalue weighted by Gasteiger charge is 2.57. The minimum absolute atomic E-state index is 0.130. The van der Waals surface area contributed by atoms with E-state index in [9.17, 15) is 14.7 Å². The molecule has 3 aromatic rings. The monoisotopic (exact) mass is 535 g/mol. The van der Waals surface area contributed by atoms with Crippen LogP contribution in [0.4, 0.5) is 5.69 Å². The summed E-state index contributed by atoms with van der Waals surface area (Å²) < 4.78 is 12.0. The summed E-state index contributed by atoms with van der Waals surface area (Å²) in [6.45, 7) is 0.834. The van der Waals surface area contributed by atoms with Gasteiger partial charge in [0.15, 0.2) is 0 Å². The molecule has 1 N–H and O–H groups in total. The maximum Gasteiger partial charge on any atom is 0.238 e. The highest BCUT2D eigenvalue weighted by atomic mass is 16.5. The van der Waals surface area contributed by atoms with E-state index in [-0.39, 0.29) is 29.6 Å². The van der Waals surface area contributed by atoms with E-state index >= 15 is 0 Å². The van der Waals surface area contributed by atoms with E-state index in [1.54, 1.807) is 13.2 Å². The summed E-state index contributed by atoms with van der Waals surface area (Å²) in [6, 6.07) is 26.7. The predicted molar refractivity (Wildman–Crippen MR) is 154 cm³/mol. The van der Waals surface area contributed by atoms with Crippen LogP contribution >= 0.6 is 0 Å². The Morgan fingerprint density at radius 2 is 1.65 bits per heavy atom. The number of methoxy groups -OCH3 is 1. The van der Waals surface area contributed by atoms with Gasteiger partial charge in [-0.1, -0.05) is 66.7 Å². The van der Waals surface area contributed by atoms with Crippen LogP contribution in [0.3, 0.4) is 0 Å². The molecule has 2 aliphatic heterocycles. The van der Waals surface area contributed by atoms with Gasteiger partial charge >= 0.3 is 0 Å². The minimum Gasteiger partial charge on any atom is -0.507 e. The van der Waals surface area contributed by atoms with Crippen molar-refractivity contribution in [2.24, 2.45) is 17.8 Å². The van der Waals surface area contributed by atoms with Gasteiger partial charge in [0.05, 0.1) is 36.8 Å². The summed E-state index contributed by atoms with van der Waals surface area (Å²) in [6.07, 6.45) is 3.82. The molecular formula is C34H33NO5. The Morgan fingerprint density at radius 3 is 2.38 bits per heavy atom. The van der Waals surface area contributed by atoms with E-state index in [0.717, 1.165) is 40.7 Å². The third-order valence-corrected chi connectivity index (χ3v) is 8.43. The molecule has 3 aliphatic rings. The molecule has 0 aromatic heterocycles. The Morgan fingerprint density at radius 1 is 0.950 bits per heavy atom. The summed E-state index contributed by atoms with van der Waals surface area (Å²) >= 11 is 0. The number of nitrogens with zero attached hydrogens (tertiary/aromatic N) is 1. The average molecular weight is 536 g/mol. The molecule has 2 heterocycles. The molecule has 40 heavy (non-hydrogen) atoms. The summed E-state index contributed by atoms with van der Waals surface area (Å²) in [5, 5.41) is 10.4. The number of hydrogen-bond acceptors (Lipinski definition) is 5. The molecule has 6 nitrogen and oxygen atoms in total. The van der Waals surface area contributed by atoms with Crippen molar-refractivity contribution in [2.75, 3.05) is 25.2 Å². The molecule has 2 amide bonds. The summed E-state index contributed by atoms with van der Waals surface area (Å²) in [4.78, 5) is 28.6. The number of fused-ring (bicyclic) bond motifs is 3. The third-order valence-electron chi connectivity index (χ3n) is 8.43. The van der Waals surface area contributed by atoms with Gasteiger partial charge in [-0.05, 0) is 65.8 Å². The van der Waals surface area contributed by atoms with Gasteiger partial charge in [-0.2, -0.15) is 0 Å². The van der Waals surface area contributed by atoms with Gasteiger partial charge in [0.2, 0.25) is 11.8 Å². The van der Waals surface area contributed by atoms with E-state index in [0.29, 0.717) is 25.3 Å². The maximum atomic E-state index is 13.7. The Hall–Kier alpha value is -4.00. The molecular weight excluding hydrogens is 502 g/mol. The fourth-order valence-corrected chi connectivity index (χ4v) is 6.65. The maximum absolute atomic E-state index is 13.7.